The van der Waals surface area contributed by atoms with Gasteiger partial charge in [0.2, 0.25) is 0 Å². The van der Waals surface area contributed by atoms with Crippen LogP contribution in [0.2, 0.25) is 0 Å². The van der Waals surface area contributed by atoms with Gasteiger partial charge in [-0.15, -0.1) is 0 Å². The van der Waals surface area contributed by atoms with Gasteiger partial charge in [0, 0.05) is 44.7 Å². The van der Waals surface area contributed by atoms with Gasteiger partial charge in [0.05, 0.1) is 13.2 Å². The van der Waals surface area contributed by atoms with Gasteiger partial charge in [0.1, 0.15) is 0 Å². The van der Waals surface area contributed by atoms with Crippen molar-refractivity contribution in [2.45, 2.75) is 44.7 Å². The van der Waals surface area contributed by atoms with Gasteiger partial charge >= 0.3 is 0 Å². The molecule has 1 heterocycles. The summed E-state index contributed by atoms with van der Waals surface area (Å²) in [6, 6.07) is 11.8. The Kier molecular flexibility index (Phi) is 6.92. The van der Waals surface area contributed by atoms with Crippen LogP contribution in [0, 0.1) is 5.92 Å². The molecule has 0 radical (unpaired) electrons. The van der Waals surface area contributed by atoms with Crippen molar-refractivity contribution in [1.82, 2.24) is 15.5 Å². The molecule has 26 heavy (non-hydrogen) atoms. The van der Waals surface area contributed by atoms with Crippen LogP contribution in [-0.2, 0) is 4.74 Å². The smallest absolute Gasteiger partial charge is 0.191 e. The van der Waals surface area contributed by atoms with Gasteiger partial charge in [0.15, 0.2) is 5.96 Å². The van der Waals surface area contributed by atoms with E-state index < -0.39 is 0 Å². The number of ether oxygens (including phenoxy) is 1. The maximum absolute atomic E-state index is 5.52. The van der Waals surface area contributed by atoms with Gasteiger partial charge in [0.25, 0.3) is 0 Å². The second-order valence-corrected chi connectivity index (χ2v) is 7.89. The number of morpholine rings is 1. The van der Waals surface area contributed by atoms with Gasteiger partial charge in [-0.1, -0.05) is 44.2 Å². The van der Waals surface area contributed by atoms with Crippen LogP contribution in [0.1, 0.15) is 38.2 Å². The van der Waals surface area contributed by atoms with Gasteiger partial charge in [-0.3, -0.25) is 9.89 Å². The van der Waals surface area contributed by atoms with E-state index in [4.69, 9.17) is 4.74 Å². The summed E-state index contributed by atoms with van der Waals surface area (Å²) in [5.41, 5.74) is 1.42. The third-order valence-corrected chi connectivity index (χ3v) is 5.37. The fourth-order valence-corrected chi connectivity index (χ4v) is 3.86. The first-order valence-electron chi connectivity index (χ1n) is 10.0. The highest BCUT2D eigenvalue weighted by Gasteiger charge is 2.38. The van der Waals surface area contributed by atoms with Crippen molar-refractivity contribution in [3.05, 3.63) is 35.9 Å². The van der Waals surface area contributed by atoms with E-state index in [1.165, 1.54) is 18.4 Å². The van der Waals surface area contributed by atoms with Crippen LogP contribution in [0.4, 0.5) is 0 Å². The maximum atomic E-state index is 5.52. The molecule has 1 saturated carbocycles. The van der Waals surface area contributed by atoms with E-state index in [2.05, 4.69) is 64.7 Å². The van der Waals surface area contributed by atoms with Crippen molar-refractivity contribution in [3.8, 4) is 0 Å². The number of nitrogens with one attached hydrogen (secondary N) is 2. The Morgan fingerprint density at radius 2 is 1.96 bits per heavy atom. The zero-order valence-corrected chi connectivity index (χ0v) is 16.4. The summed E-state index contributed by atoms with van der Waals surface area (Å²) in [6.45, 7) is 9.29. The first-order chi connectivity index (χ1) is 12.7. The molecule has 1 aliphatic carbocycles. The highest BCUT2D eigenvalue weighted by molar-refractivity contribution is 5.80. The van der Waals surface area contributed by atoms with Crippen molar-refractivity contribution in [2.75, 3.05) is 39.9 Å². The van der Waals surface area contributed by atoms with E-state index in [1.54, 1.807) is 0 Å². The van der Waals surface area contributed by atoms with Crippen LogP contribution in [0.25, 0.3) is 0 Å². The lowest BCUT2D eigenvalue weighted by Gasteiger charge is -2.35. The molecule has 1 saturated heterocycles. The molecule has 0 amide bonds. The predicted molar refractivity (Wildman–Crippen MR) is 108 cm³/mol. The molecular formula is C21H34N4O. The van der Waals surface area contributed by atoms with E-state index >= 15 is 0 Å². The van der Waals surface area contributed by atoms with Gasteiger partial charge in [-0.2, -0.15) is 0 Å². The Balaban J connectivity index is 1.49. The number of rotatable bonds is 7. The number of guanidine groups is 1. The van der Waals surface area contributed by atoms with Gasteiger partial charge in [-0.05, 0) is 24.3 Å². The SMILES string of the molecule is CN=C(NCC(CC(C)C)N1CCOCC1)NC1CC1c1ccccc1. The number of nitrogens with zero attached hydrogens (tertiary/aromatic N) is 2. The minimum absolute atomic E-state index is 0.496. The average Bonchev–Trinajstić information content (AvgIpc) is 3.44. The first-order valence-corrected chi connectivity index (χ1v) is 10.0. The number of benzene rings is 1. The Labute approximate surface area is 158 Å². The minimum atomic E-state index is 0.496. The number of hydrogen-bond donors (Lipinski definition) is 2. The second kappa shape index (κ2) is 9.38. The van der Waals surface area contributed by atoms with Crippen LogP contribution < -0.4 is 10.6 Å². The van der Waals surface area contributed by atoms with E-state index in [0.717, 1.165) is 38.8 Å². The van der Waals surface area contributed by atoms with Crippen molar-refractivity contribution in [1.29, 1.82) is 0 Å². The van der Waals surface area contributed by atoms with Crippen LogP contribution in [0.5, 0.6) is 0 Å². The fourth-order valence-electron chi connectivity index (χ4n) is 3.86. The Morgan fingerprint density at radius 1 is 1.23 bits per heavy atom. The molecule has 3 unspecified atom stereocenters. The quantitative estimate of drug-likeness (QED) is 0.581. The second-order valence-electron chi connectivity index (χ2n) is 7.89. The van der Waals surface area contributed by atoms with Crippen LogP contribution in [0.3, 0.4) is 0 Å². The lowest BCUT2D eigenvalue weighted by molar-refractivity contribution is 0.0132. The van der Waals surface area contributed by atoms with Crippen molar-refractivity contribution < 1.29 is 4.74 Å². The summed E-state index contributed by atoms with van der Waals surface area (Å²) < 4.78 is 5.52. The predicted octanol–water partition coefficient (Wildman–Crippen LogP) is 2.45. The Hall–Kier alpha value is -1.59. The van der Waals surface area contributed by atoms with Crippen molar-refractivity contribution in [3.63, 3.8) is 0 Å². The molecule has 2 aliphatic rings. The van der Waals surface area contributed by atoms with E-state index in [1.807, 2.05) is 7.05 Å². The fraction of sp³-hybridized carbons (Fsp3) is 0.667. The molecule has 1 aliphatic heterocycles. The minimum Gasteiger partial charge on any atom is -0.379 e. The van der Waals surface area contributed by atoms with Crippen molar-refractivity contribution >= 4 is 5.96 Å². The van der Waals surface area contributed by atoms with Gasteiger partial charge < -0.3 is 15.4 Å². The molecule has 5 nitrogen and oxygen atoms in total. The highest BCUT2D eigenvalue weighted by atomic mass is 16.5. The van der Waals surface area contributed by atoms with Crippen molar-refractivity contribution in [2.24, 2.45) is 10.9 Å². The zero-order chi connectivity index (χ0) is 18.4. The monoisotopic (exact) mass is 358 g/mol. The summed E-state index contributed by atoms with van der Waals surface area (Å²) in [5.74, 6) is 2.22. The van der Waals surface area contributed by atoms with E-state index in [9.17, 15) is 0 Å². The molecule has 0 bridgehead atoms. The third kappa shape index (κ3) is 5.45. The maximum Gasteiger partial charge on any atom is 0.191 e. The summed E-state index contributed by atoms with van der Waals surface area (Å²) >= 11 is 0. The lowest BCUT2D eigenvalue weighted by atomic mass is 10.0. The largest absolute Gasteiger partial charge is 0.379 e. The van der Waals surface area contributed by atoms with E-state index in [-0.39, 0.29) is 0 Å². The molecule has 1 aromatic rings. The topological polar surface area (TPSA) is 48.9 Å². The van der Waals surface area contributed by atoms with Crippen LogP contribution in [0.15, 0.2) is 35.3 Å². The molecule has 2 fully saturated rings. The highest BCUT2D eigenvalue weighted by Crippen LogP contribution is 2.40. The zero-order valence-electron chi connectivity index (χ0n) is 16.4. The van der Waals surface area contributed by atoms with Crippen LogP contribution >= 0.6 is 0 Å². The van der Waals surface area contributed by atoms with E-state index in [0.29, 0.717) is 23.9 Å². The summed E-state index contributed by atoms with van der Waals surface area (Å²) in [5, 5.41) is 7.17. The average molecular weight is 359 g/mol. The van der Waals surface area contributed by atoms with Gasteiger partial charge in [-0.25, -0.2) is 0 Å². The summed E-state index contributed by atoms with van der Waals surface area (Å²) in [6.07, 6.45) is 2.38. The molecule has 3 atom stereocenters. The summed E-state index contributed by atoms with van der Waals surface area (Å²) in [4.78, 5) is 7.01. The standard InChI is InChI=1S/C21H34N4O/c1-16(2)13-18(25-9-11-26-12-10-25)15-23-21(22-3)24-20-14-19(20)17-7-5-4-6-8-17/h4-8,16,18-20H,9-15H2,1-3H3,(H2,22,23,24). The lowest BCUT2D eigenvalue weighted by Crippen LogP contribution is -2.51. The molecule has 1 aromatic carbocycles. The first kappa shape index (κ1) is 19.2. The Bertz CT molecular complexity index is 569. The normalized spacial score (nSPS) is 25.2. The molecule has 2 N–H and O–H groups in total. The molecule has 0 aromatic heterocycles. The molecule has 5 heteroatoms. The van der Waals surface area contributed by atoms with Crippen LogP contribution in [-0.4, -0.2) is 62.8 Å². The third-order valence-electron chi connectivity index (χ3n) is 5.37. The molecule has 144 valence electrons. The summed E-state index contributed by atoms with van der Waals surface area (Å²) in [7, 11) is 1.86. The number of aliphatic imine (C=N–C) groups is 1. The molecule has 0 spiro atoms. The number of hydrogen-bond acceptors (Lipinski definition) is 3. The molecular weight excluding hydrogens is 324 g/mol. The Morgan fingerprint density at radius 3 is 2.62 bits per heavy atom. The molecule has 3 rings (SSSR count).